The first-order valence-corrected chi connectivity index (χ1v) is 5.92. The summed E-state index contributed by atoms with van der Waals surface area (Å²) in [5.41, 5.74) is 9.18. The molecule has 1 aromatic heterocycles. The molecule has 0 bridgehead atoms. The van der Waals surface area contributed by atoms with Crippen molar-refractivity contribution in [3.8, 4) is 0 Å². The van der Waals surface area contributed by atoms with Crippen LogP contribution in [-0.4, -0.2) is 17.0 Å². The van der Waals surface area contributed by atoms with Crippen molar-refractivity contribution in [3.63, 3.8) is 0 Å². The van der Waals surface area contributed by atoms with Crippen molar-refractivity contribution < 1.29 is 0 Å². The predicted molar refractivity (Wildman–Crippen MR) is 74.5 cm³/mol. The molecule has 2 N–H and O–H groups in total. The second kappa shape index (κ2) is 5.04. The Hall–Kier alpha value is -2.10. The topological polar surface area (TPSA) is 55.0 Å². The molecule has 0 aliphatic rings. The standard InChI is InChI=1S/C14H18N4/c1-10-5-4-6-12(7-10)9-18(3)13-11(2)8-16-14(15)17-13/h4-8H,9H2,1-3H3,(H2,15,16,17). The van der Waals surface area contributed by atoms with Crippen LogP contribution in [0, 0.1) is 13.8 Å². The zero-order chi connectivity index (χ0) is 13.1. The first-order valence-electron chi connectivity index (χ1n) is 5.92. The number of hydrogen-bond donors (Lipinski definition) is 1. The fourth-order valence-corrected chi connectivity index (χ4v) is 1.99. The van der Waals surface area contributed by atoms with Gasteiger partial charge in [-0.1, -0.05) is 29.8 Å². The molecule has 0 unspecified atom stereocenters. The lowest BCUT2D eigenvalue weighted by molar-refractivity contribution is 0.884. The third-order valence-electron chi connectivity index (χ3n) is 2.83. The van der Waals surface area contributed by atoms with Gasteiger partial charge < -0.3 is 10.6 Å². The summed E-state index contributed by atoms with van der Waals surface area (Å²) in [6, 6.07) is 8.46. The molecule has 0 atom stereocenters. The zero-order valence-electron chi connectivity index (χ0n) is 11.0. The Morgan fingerprint density at radius 3 is 2.78 bits per heavy atom. The molecule has 0 fully saturated rings. The molecule has 1 aromatic carbocycles. The fourth-order valence-electron chi connectivity index (χ4n) is 1.99. The summed E-state index contributed by atoms with van der Waals surface area (Å²) in [5.74, 6) is 1.19. The van der Waals surface area contributed by atoms with E-state index in [9.17, 15) is 0 Å². The Morgan fingerprint density at radius 1 is 1.28 bits per heavy atom. The maximum Gasteiger partial charge on any atom is 0.221 e. The first kappa shape index (κ1) is 12.4. The van der Waals surface area contributed by atoms with Crippen LogP contribution in [0.3, 0.4) is 0 Å². The van der Waals surface area contributed by atoms with Gasteiger partial charge in [-0.25, -0.2) is 4.98 Å². The SMILES string of the molecule is Cc1cccc(CN(C)c2nc(N)ncc2C)c1. The summed E-state index contributed by atoms with van der Waals surface area (Å²) in [7, 11) is 2.01. The van der Waals surface area contributed by atoms with Gasteiger partial charge in [0, 0.05) is 25.4 Å². The number of anilines is 2. The average Bonchev–Trinajstić information content (AvgIpc) is 2.32. The molecule has 0 saturated carbocycles. The Balaban J connectivity index is 2.21. The van der Waals surface area contributed by atoms with Gasteiger partial charge in [0.2, 0.25) is 5.95 Å². The highest BCUT2D eigenvalue weighted by Crippen LogP contribution is 2.18. The molecule has 4 nitrogen and oxygen atoms in total. The van der Waals surface area contributed by atoms with Crippen molar-refractivity contribution >= 4 is 11.8 Å². The van der Waals surface area contributed by atoms with Crippen molar-refractivity contribution in [2.75, 3.05) is 17.7 Å². The summed E-state index contributed by atoms with van der Waals surface area (Å²) in [6.45, 7) is 4.89. The lowest BCUT2D eigenvalue weighted by Gasteiger charge is -2.20. The summed E-state index contributed by atoms with van der Waals surface area (Å²) < 4.78 is 0. The minimum atomic E-state index is 0.312. The lowest BCUT2D eigenvalue weighted by atomic mass is 10.1. The van der Waals surface area contributed by atoms with Gasteiger partial charge in [-0.05, 0) is 19.4 Å². The molecule has 4 heteroatoms. The molecule has 2 aromatic rings. The van der Waals surface area contributed by atoms with Crippen LogP contribution in [-0.2, 0) is 6.54 Å². The number of aryl methyl sites for hydroxylation is 2. The van der Waals surface area contributed by atoms with E-state index in [4.69, 9.17) is 5.73 Å². The van der Waals surface area contributed by atoms with E-state index < -0.39 is 0 Å². The van der Waals surface area contributed by atoms with E-state index in [1.54, 1.807) is 6.20 Å². The third kappa shape index (κ3) is 2.77. The van der Waals surface area contributed by atoms with E-state index in [2.05, 4.69) is 46.1 Å². The van der Waals surface area contributed by atoms with Gasteiger partial charge in [-0.3, -0.25) is 0 Å². The number of nitrogen functional groups attached to an aromatic ring is 1. The molecule has 18 heavy (non-hydrogen) atoms. The van der Waals surface area contributed by atoms with Gasteiger partial charge in [0.15, 0.2) is 0 Å². The number of benzene rings is 1. The Bertz CT molecular complexity index is 551. The molecule has 0 spiro atoms. The van der Waals surface area contributed by atoms with Crippen LogP contribution in [0.4, 0.5) is 11.8 Å². The average molecular weight is 242 g/mol. The molecular formula is C14H18N4. The van der Waals surface area contributed by atoms with E-state index >= 15 is 0 Å². The zero-order valence-corrected chi connectivity index (χ0v) is 11.0. The number of aromatic nitrogens is 2. The second-order valence-corrected chi connectivity index (χ2v) is 4.58. The van der Waals surface area contributed by atoms with Crippen LogP contribution in [0.5, 0.6) is 0 Å². The molecule has 0 aliphatic heterocycles. The Labute approximate surface area is 107 Å². The minimum absolute atomic E-state index is 0.312. The maximum absolute atomic E-state index is 5.63. The third-order valence-corrected chi connectivity index (χ3v) is 2.83. The van der Waals surface area contributed by atoms with E-state index in [0.717, 1.165) is 17.9 Å². The summed E-state index contributed by atoms with van der Waals surface area (Å²) in [6.07, 6.45) is 1.75. The minimum Gasteiger partial charge on any atom is -0.368 e. The van der Waals surface area contributed by atoms with Crippen molar-refractivity contribution in [2.45, 2.75) is 20.4 Å². The number of rotatable bonds is 3. The van der Waals surface area contributed by atoms with Crippen LogP contribution >= 0.6 is 0 Å². The van der Waals surface area contributed by atoms with Crippen LogP contribution < -0.4 is 10.6 Å². The quantitative estimate of drug-likeness (QED) is 0.897. The first-order chi connectivity index (χ1) is 8.56. The van der Waals surface area contributed by atoms with Gasteiger partial charge in [-0.2, -0.15) is 4.98 Å². The van der Waals surface area contributed by atoms with Gasteiger partial charge >= 0.3 is 0 Å². The second-order valence-electron chi connectivity index (χ2n) is 4.58. The van der Waals surface area contributed by atoms with E-state index in [1.807, 2.05) is 14.0 Å². The fraction of sp³-hybridized carbons (Fsp3) is 0.286. The summed E-state index contributed by atoms with van der Waals surface area (Å²) in [4.78, 5) is 10.4. The van der Waals surface area contributed by atoms with Gasteiger partial charge in [0.05, 0.1) is 0 Å². The van der Waals surface area contributed by atoms with Crippen molar-refractivity contribution in [1.82, 2.24) is 9.97 Å². The van der Waals surface area contributed by atoms with E-state index in [0.29, 0.717) is 5.95 Å². The molecule has 2 rings (SSSR count). The molecule has 0 aliphatic carbocycles. The van der Waals surface area contributed by atoms with E-state index in [-0.39, 0.29) is 0 Å². The monoisotopic (exact) mass is 242 g/mol. The highest BCUT2D eigenvalue weighted by atomic mass is 15.2. The van der Waals surface area contributed by atoms with E-state index in [1.165, 1.54) is 11.1 Å². The molecule has 0 saturated heterocycles. The maximum atomic E-state index is 5.63. The normalized spacial score (nSPS) is 10.4. The molecule has 94 valence electrons. The number of nitrogens with two attached hydrogens (primary N) is 1. The highest BCUT2D eigenvalue weighted by Gasteiger charge is 2.08. The largest absolute Gasteiger partial charge is 0.368 e. The Kier molecular flexibility index (Phi) is 3.46. The van der Waals surface area contributed by atoms with Crippen LogP contribution in [0.1, 0.15) is 16.7 Å². The molecule has 1 heterocycles. The summed E-state index contributed by atoms with van der Waals surface area (Å²) >= 11 is 0. The van der Waals surface area contributed by atoms with Crippen LogP contribution in [0.15, 0.2) is 30.5 Å². The molecule has 0 radical (unpaired) electrons. The predicted octanol–water partition coefficient (Wildman–Crippen LogP) is 2.31. The molecule has 0 amide bonds. The van der Waals surface area contributed by atoms with Crippen molar-refractivity contribution in [2.24, 2.45) is 0 Å². The summed E-state index contributed by atoms with van der Waals surface area (Å²) in [5, 5.41) is 0. The Morgan fingerprint density at radius 2 is 2.06 bits per heavy atom. The molecular weight excluding hydrogens is 224 g/mol. The van der Waals surface area contributed by atoms with Crippen molar-refractivity contribution in [1.29, 1.82) is 0 Å². The lowest BCUT2D eigenvalue weighted by Crippen LogP contribution is -2.19. The van der Waals surface area contributed by atoms with Gasteiger partial charge in [-0.15, -0.1) is 0 Å². The van der Waals surface area contributed by atoms with Crippen LogP contribution in [0.2, 0.25) is 0 Å². The highest BCUT2D eigenvalue weighted by molar-refractivity contribution is 5.47. The smallest absolute Gasteiger partial charge is 0.221 e. The van der Waals surface area contributed by atoms with Gasteiger partial charge in [0.1, 0.15) is 5.82 Å². The van der Waals surface area contributed by atoms with Crippen molar-refractivity contribution in [3.05, 3.63) is 47.2 Å². The van der Waals surface area contributed by atoms with Gasteiger partial charge in [0.25, 0.3) is 0 Å². The van der Waals surface area contributed by atoms with Crippen LogP contribution in [0.25, 0.3) is 0 Å². The number of hydrogen-bond acceptors (Lipinski definition) is 4. The number of nitrogens with zero attached hydrogens (tertiary/aromatic N) is 3.